The monoisotopic (exact) mass is 545 g/mol. The molecule has 0 radical (unpaired) electrons. The molecule has 1 unspecified atom stereocenters. The van der Waals surface area contributed by atoms with Crippen molar-refractivity contribution in [2.45, 2.75) is 32.9 Å². The zero-order chi connectivity index (χ0) is 21.8. The van der Waals surface area contributed by atoms with E-state index >= 15 is 0 Å². The highest BCUT2D eigenvalue weighted by Gasteiger charge is 2.13. The van der Waals surface area contributed by atoms with Crippen molar-refractivity contribution in [1.29, 1.82) is 0 Å². The number of methoxy groups -OCH3 is 1. The number of ether oxygens (including phenoxy) is 2. The van der Waals surface area contributed by atoms with Crippen LogP contribution >= 0.6 is 24.0 Å². The summed E-state index contributed by atoms with van der Waals surface area (Å²) < 4.78 is 24.8. The molecule has 0 saturated carbocycles. The second-order valence-corrected chi connectivity index (χ2v) is 6.92. The summed E-state index contributed by atoms with van der Waals surface area (Å²) in [6.45, 7) is 6.41. The van der Waals surface area contributed by atoms with Crippen LogP contribution in [-0.4, -0.2) is 44.5 Å². The van der Waals surface area contributed by atoms with Gasteiger partial charge in [-0.2, -0.15) is 0 Å². The Bertz CT molecular complexity index is 820. The average Bonchev–Trinajstić information content (AvgIpc) is 2.74. The third kappa shape index (κ3) is 9.40. The van der Waals surface area contributed by atoms with Crippen LogP contribution in [-0.2, 0) is 11.3 Å². The Kier molecular flexibility index (Phi) is 13.1. The first-order valence-electron chi connectivity index (χ1n) is 10.2. The summed E-state index contributed by atoms with van der Waals surface area (Å²) in [7, 11) is 1.67. The molecular weight excluding hydrogens is 512 g/mol. The number of hydrogen-bond acceptors (Lipinski definition) is 4. The number of guanidine groups is 1. The molecule has 0 saturated heterocycles. The predicted molar refractivity (Wildman–Crippen MR) is 133 cm³/mol. The van der Waals surface area contributed by atoms with Gasteiger partial charge < -0.3 is 25.2 Å². The predicted octanol–water partition coefficient (Wildman–Crippen LogP) is 3.96. The molecule has 0 aliphatic carbocycles. The number of benzene rings is 2. The zero-order valence-electron chi connectivity index (χ0n) is 18.4. The molecule has 0 heterocycles. The highest BCUT2D eigenvalue weighted by Crippen LogP contribution is 2.21. The Morgan fingerprint density at radius 1 is 1.16 bits per heavy atom. The molecule has 31 heavy (non-hydrogen) atoms. The topological polar surface area (TPSA) is 75.1 Å². The van der Waals surface area contributed by atoms with Crippen molar-refractivity contribution < 1.29 is 19.0 Å². The third-order valence-electron chi connectivity index (χ3n) is 4.45. The summed E-state index contributed by atoms with van der Waals surface area (Å²) in [6.07, 6.45) is -0.167. The van der Waals surface area contributed by atoms with E-state index in [1.165, 1.54) is 6.07 Å². The normalized spacial score (nSPS) is 12.1. The van der Waals surface area contributed by atoms with E-state index in [1.807, 2.05) is 32.0 Å². The Labute approximate surface area is 201 Å². The number of rotatable bonds is 11. The first kappa shape index (κ1) is 27.1. The van der Waals surface area contributed by atoms with Gasteiger partial charge in [-0.1, -0.05) is 30.3 Å². The second-order valence-electron chi connectivity index (χ2n) is 6.92. The fourth-order valence-electron chi connectivity index (χ4n) is 2.87. The molecule has 6 nitrogen and oxygen atoms in total. The number of nitrogens with one attached hydrogen (secondary N) is 2. The van der Waals surface area contributed by atoms with Crippen molar-refractivity contribution in [1.82, 2.24) is 10.6 Å². The molecule has 1 atom stereocenters. The van der Waals surface area contributed by atoms with Gasteiger partial charge in [-0.25, -0.2) is 9.38 Å². The maximum Gasteiger partial charge on any atom is 0.191 e. The molecule has 0 spiro atoms. The van der Waals surface area contributed by atoms with Crippen molar-refractivity contribution in [2.24, 2.45) is 4.99 Å². The average molecular weight is 545 g/mol. The lowest BCUT2D eigenvalue weighted by atomic mass is 10.1. The number of aliphatic imine (C=N–C) groups is 1. The number of hydrogen-bond donors (Lipinski definition) is 3. The summed E-state index contributed by atoms with van der Waals surface area (Å²) in [5, 5.41) is 16.5. The fourth-order valence-corrected chi connectivity index (χ4v) is 2.87. The quantitative estimate of drug-likeness (QED) is 0.173. The Morgan fingerprint density at radius 2 is 1.94 bits per heavy atom. The molecule has 2 aromatic rings. The molecule has 0 bridgehead atoms. The largest absolute Gasteiger partial charge is 0.493 e. The number of aliphatic hydroxyl groups excluding tert-OH is 1. The van der Waals surface area contributed by atoms with Crippen molar-refractivity contribution >= 4 is 29.9 Å². The first-order chi connectivity index (χ1) is 14.5. The number of halogens is 2. The van der Waals surface area contributed by atoms with Gasteiger partial charge >= 0.3 is 0 Å². The molecule has 2 rings (SSSR count). The highest BCUT2D eigenvalue weighted by molar-refractivity contribution is 14.0. The molecule has 0 aromatic heterocycles. The van der Waals surface area contributed by atoms with E-state index in [0.717, 1.165) is 23.3 Å². The molecular formula is C23H33FIN3O3. The molecule has 3 N–H and O–H groups in total. The van der Waals surface area contributed by atoms with Crippen LogP contribution in [0.5, 0.6) is 5.75 Å². The van der Waals surface area contributed by atoms with Gasteiger partial charge in [0, 0.05) is 44.4 Å². The molecule has 0 aliphatic rings. The van der Waals surface area contributed by atoms with Crippen LogP contribution in [0, 0.1) is 12.7 Å². The van der Waals surface area contributed by atoms with Gasteiger partial charge in [-0.15, -0.1) is 24.0 Å². The summed E-state index contributed by atoms with van der Waals surface area (Å²) in [5.41, 5.74) is 2.33. The Hall–Kier alpha value is -1.91. The van der Waals surface area contributed by atoms with Crippen molar-refractivity contribution in [3.05, 3.63) is 65.0 Å². The van der Waals surface area contributed by atoms with Gasteiger partial charge in [0.15, 0.2) is 5.96 Å². The smallest absolute Gasteiger partial charge is 0.191 e. The maximum absolute atomic E-state index is 13.9. The minimum Gasteiger partial charge on any atom is -0.493 e. The molecule has 0 aliphatic heterocycles. The van der Waals surface area contributed by atoms with Crippen LogP contribution in [0.2, 0.25) is 0 Å². The lowest BCUT2D eigenvalue weighted by Gasteiger charge is -2.16. The molecule has 8 heteroatoms. The van der Waals surface area contributed by atoms with Crippen LogP contribution in [0.15, 0.2) is 47.5 Å². The molecule has 0 amide bonds. The van der Waals surface area contributed by atoms with E-state index in [4.69, 9.17) is 9.47 Å². The van der Waals surface area contributed by atoms with Crippen molar-refractivity contribution in [3.8, 4) is 5.75 Å². The Morgan fingerprint density at radius 3 is 2.65 bits per heavy atom. The van der Waals surface area contributed by atoms with Gasteiger partial charge in [0.25, 0.3) is 0 Å². The van der Waals surface area contributed by atoms with E-state index in [2.05, 4.69) is 15.6 Å². The summed E-state index contributed by atoms with van der Waals surface area (Å²) >= 11 is 0. The van der Waals surface area contributed by atoms with Gasteiger partial charge in [-0.3, -0.25) is 0 Å². The van der Waals surface area contributed by atoms with E-state index < -0.39 is 11.9 Å². The molecule has 172 valence electrons. The van der Waals surface area contributed by atoms with Crippen LogP contribution < -0.4 is 15.4 Å². The maximum atomic E-state index is 13.9. The van der Waals surface area contributed by atoms with E-state index in [0.29, 0.717) is 32.3 Å². The van der Waals surface area contributed by atoms with E-state index in [9.17, 15) is 9.50 Å². The van der Waals surface area contributed by atoms with E-state index in [1.54, 1.807) is 25.3 Å². The number of aliphatic hydroxyl groups is 1. The third-order valence-corrected chi connectivity index (χ3v) is 4.45. The lowest BCUT2D eigenvalue weighted by Crippen LogP contribution is -2.39. The zero-order valence-corrected chi connectivity index (χ0v) is 20.7. The minimum absolute atomic E-state index is 0. The summed E-state index contributed by atoms with van der Waals surface area (Å²) in [6, 6.07) is 12.2. The highest BCUT2D eigenvalue weighted by atomic mass is 127. The second kappa shape index (κ2) is 15.0. The van der Waals surface area contributed by atoms with Crippen LogP contribution in [0.4, 0.5) is 4.39 Å². The van der Waals surface area contributed by atoms with Gasteiger partial charge in [0.1, 0.15) is 11.6 Å². The van der Waals surface area contributed by atoms with Crippen LogP contribution in [0.3, 0.4) is 0 Å². The lowest BCUT2D eigenvalue weighted by molar-refractivity contribution is 0.171. The number of aryl methyl sites for hydroxylation is 1. The molecule has 2 aromatic carbocycles. The molecule has 0 fully saturated rings. The fraction of sp³-hybridized carbons (Fsp3) is 0.435. The number of nitrogens with zero attached hydrogens (tertiary/aromatic N) is 1. The minimum atomic E-state index is -0.978. The van der Waals surface area contributed by atoms with Gasteiger partial charge in [0.05, 0.1) is 19.3 Å². The van der Waals surface area contributed by atoms with Crippen LogP contribution in [0.1, 0.15) is 36.1 Å². The first-order valence-corrected chi connectivity index (χ1v) is 10.2. The van der Waals surface area contributed by atoms with Gasteiger partial charge in [-0.05, 0) is 31.5 Å². The standard InChI is InChI=1S/C23H32FN3O3.HI/c1-4-25-23(27-16-21(28)19-8-5-6-9-20(19)24)26-15-18-11-10-17(2)14-22(18)30-13-7-12-29-3;/h5-6,8-11,14,21,28H,4,7,12-13,15-16H2,1-3H3,(H2,25,26,27);1H. The summed E-state index contributed by atoms with van der Waals surface area (Å²) in [5.74, 6) is 0.916. The van der Waals surface area contributed by atoms with Crippen LogP contribution in [0.25, 0.3) is 0 Å². The SMILES string of the molecule is CCNC(=NCc1ccc(C)cc1OCCCOC)NCC(O)c1ccccc1F.I. The van der Waals surface area contributed by atoms with Crippen molar-refractivity contribution in [2.75, 3.05) is 33.4 Å². The Balaban J connectivity index is 0.00000480. The van der Waals surface area contributed by atoms with Gasteiger partial charge in [0.2, 0.25) is 0 Å². The summed E-state index contributed by atoms with van der Waals surface area (Å²) in [4.78, 5) is 4.59. The van der Waals surface area contributed by atoms with Crippen molar-refractivity contribution in [3.63, 3.8) is 0 Å². The van der Waals surface area contributed by atoms with E-state index in [-0.39, 0.29) is 36.1 Å².